The minimum absolute atomic E-state index is 0.289. The predicted octanol–water partition coefficient (Wildman–Crippen LogP) is 2.19. The zero-order chi connectivity index (χ0) is 11.7. The molecule has 0 unspecified atom stereocenters. The van der Waals surface area contributed by atoms with E-state index in [0.717, 1.165) is 16.8 Å². The minimum Gasteiger partial charge on any atom is -0.310 e. The summed E-state index contributed by atoms with van der Waals surface area (Å²) in [5, 5.41) is 0. The van der Waals surface area contributed by atoms with Gasteiger partial charge in [-0.2, -0.15) is 4.98 Å². The summed E-state index contributed by atoms with van der Waals surface area (Å²) < 4.78 is 12.9. The molecule has 0 aliphatic heterocycles. The number of aromatic amines is 1. The van der Waals surface area contributed by atoms with Gasteiger partial charge in [0, 0.05) is 11.3 Å². The van der Waals surface area contributed by atoms with Gasteiger partial charge in [0.2, 0.25) is 0 Å². The number of H-pyrrole nitrogens is 1. The van der Waals surface area contributed by atoms with Crippen LogP contribution in [0.25, 0.3) is 11.3 Å². The van der Waals surface area contributed by atoms with Crippen molar-refractivity contribution in [3.8, 4) is 11.3 Å². The van der Waals surface area contributed by atoms with Gasteiger partial charge in [-0.3, -0.25) is 0 Å². The first-order chi connectivity index (χ1) is 7.56. The van der Waals surface area contributed by atoms with Crippen LogP contribution in [0.3, 0.4) is 0 Å². The Morgan fingerprint density at radius 2 is 2.00 bits per heavy atom. The highest BCUT2D eigenvalue weighted by molar-refractivity contribution is 5.63. The second-order valence-corrected chi connectivity index (χ2v) is 3.71. The van der Waals surface area contributed by atoms with E-state index in [9.17, 15) is 9.18 Å². The zero-order valence-corrected chi connectivity index (χ0v) is 9.04. The fourth-order valence-corrected chi connectivity index (χ4v) is 1.63. The molecule has 0 saturated heterocycles. The molecule has 2 aromatic rings. The molecule has 2 rings (SSSR count). The number of hydrogen-bond acceptors (Lipinski definition) is 2. The molecule has 1 N–H and O–H groups in total. The fourth-order valence-electron chi connectivity index (χ4n) is 1.63. The van der Waals surface area contributed by atoms with Gasteiger partial charge >= 0.3 is 5.69 Å². The Morgan fingerprint density at radius 1 is 1.25 bits per heavy atom. The summed E-state index contributed by atoms with van der Waals surface area (Å²) >= 11 is 0. The van der Waals surface area contributed by atoms with E-state index < -0.39 is 5.69 Å². The lowest BCUT2D eigenvalue weighted by atomic mass is 10.1. The Balaban J connectivity index is 2.63. The highest BCUT2D eigenvalue weighted by Gasteiger charge is 2.05. The van der Waals surface area contributed by atoms with Gasteiger partial charge in [-0.25, -0.2) is 9.18 Å². The van der Waals surface area contributed by atoms with Crippen LogP contribution in [0.5, 0.6) is 0 Å². The van der Waals surface area contributed by atoms with E-state index in [4.69, 9.17) is 0 Å². The van der Waals surface area contributed by atoms with Crippen LogP contribution in [-0.4, -0.2) is 9.97 Å². The minimum atomic E-state index is -0.390. The average molecular weight is 218 g/mol. The Bertz CT molecular complexity index is 590. The van der Waals surface area contributed by atoms with Gasteiger partial charge in [0.15, 0.2) is 0 Å². The fraction of sp³-hybridized carbons (Fsp3) is 0.167. The third-order valence-corrected chi connectivity index (χ3v) is 2.34. The summed E-state index contributed by atoms with van der Waals surface area (Å²) in [6.07, 6.45) is 0. The molecule has 1 aromatic heterocycles. The summed E-state index contributed by atoms with van der Waals surface area (Å²) in [5.41, 5.74) is 2.45. The van der Waals surface area contributed by atoms with Gasteiger partial charge in [0.25, 0.3) is 0 Å². The molecule has 82 valence electrons. The van der Waals surface area contributed by atoms with Crippen molar-refractivity contribution in [3.63, 3.8) is 0 Å². The van der Waals surface area contributed by atoms with Crippen molar-refractivity contribution >= 4 is 0 Å². The Kier molecular flexibility index (Phi) is 2.56. The van der Waals surface area contributed by atoms with Gasteiger partial charge in [0.1, 0.15) is 5.82 Å². The standard InChI is InChI=1S/C12H11FN2O/c1-7-5-9(13)3-4-10(7)11-6-8(2)14-12(16)15-11/h3-6H,1-2H3,(H,14,15,16). The number of hydrogen-bond donors (Lipinski definition) is 1. The first-order valence-corrected chi connectivity index (χ1v) is 4.91. The summed E-state index contributed by atoms with van der Waals surface area (Å²) in [4.78, 5) is 17.7. The van der Waals surface area contributed by atoms with E-state index >= 15 is 0 Å². The molecule has 0 radical (unpaired) electrons. The number of aryl methyl sites for hydroxylation is 2. The Labute approximate surface area is 92.0 Å². The third kappa shape index (κ3) is 2.00. The number of benzene rings is 1. The van der Waals surface area contributed by atoms with E-state index in [1.165, 1.54) is 12.1 Å². The van der Waals surface area contributed by atoms with Gasteiger partial charge < -0.3 is 4.98 Å². The number of nitrogens with one attached hydrogen (secondary N) is 1. The lowest BCUT2D eigenvalue weighted by molar-refractivity contribution is 0.627. The molecule has 0 fully saturated rings. The molecule has 1 heterocycles. The van der Waals surface area contributed by atoms with Crippen molar-refractivity contribution < 1.29 is 4.39 Å². The van der Waals surface area contributed by atoms with Crippen LogP contribution in [0.1, 0.15) is 11.3 Å². The highest BCUT2D eigenvalue weighted by Crippen LogP contribution is 2.21. The van der Waals surface area contributed by atoms with E-state index in [2.05, 4.69) is 9.97 Å². The Hall–Kier alpha value is -1.97. The van der Waals surface area contributed by atoms with E-state index in [1.54, 1.807) is 26.0 Å². The van der Waals surface area contributed by atoms with Crippen LogP contribution in [0.2, 0.25) is 0 Å². The summed E-state index contributed by atoms with van der Waals surface area (Å²) in [5.74, 6) is -0.289. The average Bonchev–Trinajstić information content (AvgIpc) is 2.15. The smallest absolute Gasteiger partial charge is 0.310 e. The molecular formula is C12H11FN2O. The first kappa shape index (κ1) is 10.5. The number of aromatic nitrogens is 2. The van der Waals surface area contributed by atoms with E-state index in [1.807, 2.05) is 0 Å². The number of nitrogens with zero attached hydrogens (tertiary/aromatic N) is 1. The van der Waals surface area contributed by atoms with Crippen molar-refractivity contribution in [2.75, 3.05) is 0 Å². The topological polar surface area (TPSA) is 45.8 Å². The van der Waals surface area contributed by atoms with Crippen LogP contribution in [0, 0.1) is 19.7 Å². The molecule has 0 spiro atoms. The molecule has 0 aliphatic rings. The van der Waals surface area contributed by atoms with Crippen molar-refractivity contribution in [2.45, 2.75) is 13.8 Å². The maximum atomic E-state index is 12.9. The molecule has 1 aromatic carbocycles. The predicted molar refractivity (Wildman–Crippen MR) is 59.7 cm³/mol. The van der Waals surface area contributed by atoms with Crippen molar-refractivity contribution in [2.24, 2.45) is 0 Å². The summed E-state index contributed by atoms with van der Waals surface area (Å²) in [6.45, 7) is 3.57. The third-order valence-electron chi connectivity index (χ3n) is 2.34. The zero-order valence-electron chi connectivity index (χ0n) is 9.04. The van der Waals surface area contributed by atoms with Crippen molar-refractivity contribution in [3.05, 3.63) is 51.8 Å². The molecule has 4 heteroatoms. The number of halogens is 1. The van der Waals surface area contributed by atoms with E-state index in [0.29, 0.717) is 5.69 Å². The number of rotatable bonds is 1. The molecule has 0 bridgehead atoms. The van der Waals surface area contributed by atoms with Gasteiger partial charge in [0.05, 0.1) is 5.69 Å². The quantitative estimate of drug-likeness (QED) is 0.797. The highest BCUT2D eigenvalue weighted by atomic mass is 19.1. The largest absolute Gasteiger partial charge is 0.345 e. The SMILES string of the molecule is Cc1cc(-c2ccc(F)cc2C)nc(=O)[nH]1. The van der Waals surface area contributed by atoms with Gasteiger partial charge in [-0.05, 0) is 43.7 Å². The monoisotopic (exact) mass is 218 g/mol. The van der Waals surface area contributed by atoms with Crippen LogP contribution < -0.4 is 5.69 Å². The molecule has 0 saturated carbocycles. The van der Waals surface area contributed by atoms with Crippen molar-refractivity contribution in [1.29, 1.82) is 0 Å². The Morgan fingerprint density at radius 3 is 2.62 bits per heavy atom. The van der Waals surface area contributed by atoms with E-state index in [-0.39, 0.29) is 5.82 Å². The van der Waals surface area contributed by atoms with Crippen LogP contribution in [-0.2, 0) is 0 Å². The summed E-state index contributed by atoms with van der Waals surface area (Å²) in [6, 6.07) is 6.18. The molecular weight excluding hydrogens is 207 g/mol. The molecule has 0 aliphatic carbocycles. The molecule has 3 nitrogen and oxygen atoms in total. The second-order valence-electron chi connectivity index (χ2n) is 3.71. The van der Waals surface area contributed by atoms with Gasteiger partial charge in [-0.15, -0.1) is 0 Å². The van der Waals surface area contributed by atoms with Crippen LogP contribution in [0.4, 0.5) is 4.39 Å². The van der Waals surface area contributed by atoms with Gasteiger partial charge in [-0.1, -0.05) is 0 Å². The first-order valence-electron chi connectivity index (χ1n) is 4.91. The lowest BCUT2D eigenvalue weighted by Gasteiger charge is -2.05. The summed E-state index contributed by atoms with van der Waals surface area (Å²) in [7, 11) is 0. The van der Waals surface area contributed by atoms with Crippen LogP contribution in [0.15, 0.2) is 29.1 Å². The lowest BCUT2D eigenvalue weighted by Crippen LogP contribution is -2.12. The maximum absolute atomic E-state index is 12.9. The maximum Gasteiger partial charge on any atom is 0.345 e. The molecule has 16 heavy (non-hydrogen) atoms. The second kappa shape index (κ2) is 3.89. The molecule has 0 atom stereocenters. The van der Waals surface area contributed by atoms with Crippen molar-refractivity contribution in [1.82, 2.24) is 9.97 Å². The normalized spacial score (nSPS) is 10.4. The van der Waals surface area contributed by atoms with Crippen LogP contribution >= 0.6 is 0 Å². The molecule has 0 amide bonds.